The van der Waals surface area contributed by atoms with E-state index in [-0.39, 0.29) is 6.17 Å². The summed E-state index contributed by atoms with van der Waals surface area (Å²) in [5.41, 5.74) is 23.3. The third-order valence-electron chi connectivity index (χ3n) is 19.1. The summed E-state index contributed by atoms with van der Waals surface area (Å²) >= 11 is 0. The highest BCUT2D eigenvalue weighted by Crippen LogP contribution is 2.40. The van der Waals surface area contributed by atoms with Crippen LogP contribution in [0.3, 0.4) is 0 Å². The van der Waals surface area contributed by atoms with Crippen LogP contribution in [0, 0.1) is 88.6 Å². The van der Waals surface area contributed by atoms with E-state index in [1.807, 2.05) is 113 Å². The molecule has 0 fully saturated rings. The topological polar surface area (TPSA) is 37.9 Å². The van der Waals surface area contributed by atoms with E-state index < -0.39 is 12.7 Å². The molecule has 9 aromatic carbocycles. The highest BCUT2D eigenvalue weighted by Gasteiger charge is 2.26. The van der Waals surface area contributed by atoms with Crippen LogP contribution in [0.5, 0.6) is 0 Å². The van der Waals surface area contributed by atoms with Gasteiger partial charge in [-0.2, -0.15) is 9.13 Å². The predicted octanol–water partition coefficient (Wildman–Crippen LogP) is 22.1. The average Bonchev–Trinajstić information content (AvgIpc) is 1.45. The minimum Gasteiger partial charge on any atom is -0.338 e. The molecule has 0 saturated carbocycles. The van der Waals surface area contributed by atoms with Crippen molar-refractivity contribution >= 4 is 87.6 Å². The van der Waals surface area contributed by atoms with Gasteiger partial charge in [0.2, 0.25) is 22.8 Å². The number of benzene rings is 9. The van der Waals surface area contributed by atoms with E-state index in [1.165, 1.54) is 73.3 Å². The van der Waals surface area contributed by atoms with Crippen molar-refractivity contribution in [2.24, 2.45) is 28.2 Å². The Kier molecular flexibility index (Phi) is 16.5. The van der Waals surface area contributed by atoms with Crippen molar-refractivity contribution in [2.45, 2.75) is 102 Å². The number of para-hydroxylation sites is 1. The minimum absolute atomic E-state index is 0.279. The zero-order chi connectivity index (χ0) is 77.0. The van der Waals surface area contributed by atoms with E-state index >= 15 is 0 Å². The normalized spacial score (nSPS) is 12.9. The number of fused-ring (bicyclic) bond motifs is 7. The molecule has 1 unspecified atom stereocenters. The molecule has 482 valence electrons. The Morgan fingerprint density at radius 3 is 1.38 bits per heavy atom. The van der Waals surface area contributed by atoms with E-state index in [1.54, 1.807) is 48.0 Å². The maximum atomic E-state index is 8.52. The number of hydrogen-bond donors (Lipinski definition) is 0. The molecule has 0 aliphatic carbocycles. The second kappa shape index (κ2) is 28.0. The molecule has 0 radical (unpaired) electrons. The highest BCUT2D eigenvalue weighted by atomic mass is 15.0. The molecule has 0 amide bonds. The maximum absolute atomic E-state index is 8.52. The first-order chi connectivity index (χ1) is 50.1. The van der Waals surface area contributed by atoms with Gasteiger partial charge in [0, 0.05) is 71.5 Å². The van der Waals surface area contributed by atoms with Gasteiger partial charge in [-0.05, 0) is 189 Å². The SMILES string of the molecule is [2H]c1cc([2H])c(C)c(-c2c3ccc([N+]#[C-])cc3cc(C)[n+]2C)c1.[2H]c1cc2cc([N+]#[C-])ccc2c(-c2cc(C([2H])(C)C([2H])([2H])[2H])cc(C)c2C)[n+]1C.[2H]c1cc2cc([N+]#[C-])ccc2c(-c2cc(C)cc(C)c2C)[n+]1C.[C-]#[N+]c1ccc2c(-c3cc4c(cc3C)c3ccccc3n4C(C)C)[n+](C)c(C)cc2c1. The fourth-order valence-electron chi connectivity index (χ4n) is 13.6. The molecular formula is C89H85N9+4. The molecule has 0 spiro atoms. The van der Waals surface area contributed by atoms with Crippen molar-refractivity contribution in [3.05, 3.63) is 296 Å². The number of nitrogens with zero attached hydrogens (tertiary/aromatic N) is 9. The van der Waals surface area contributed by atoms with Crippen LogP contribution in [-0.2, 0) is 28.2 Å². The van der Waals surface area contributed by atoms with Gasteiger partial charge in [-0.1, -0.05) is 116 Å². The van der Waals surface area contributed by atoms with E-state index in [4.69, 9.17) is 37.3 Å². The zero-order valence-corrected chi connectivity index (χ0v) is 58.8. The van der Waals surface area contributed by atoms with E-state index in [2.05, 4.69) is 155 Å². The van der Waals surface area contributed by atoms with Crippen LogP contribution in [0.2, 0.25) is 0 Å². The Bertz CT molecular complexity index is 6010. The van der Waals surface area contributed by atoms with Crippen molar-refractivity contribution < 1.29 is 29.2 Å². The molecule has 0 aliphatic heterocycles. The Labute approximate surface area is 589 Å². The van der Waals surface area contributed by atoms with E-state index in [9.17, 15) is 0 Å². The van der Waals surface area contributed by atoms with Gasteiger partial charge in [0.1, 0.15) is 30.9 Å². The molecule has 0 N–H and O–H groups in total. The molecule has 0 saturated heterocycles. The molecular weight excluding hydrogens is 1200 g/mol. The second-order valence-electron chi connectivity index (χ2n) is 25.9. The van der Waals surface area contributed by atoms with Gasteiger partial charge in [-0.3, -0.25) is 0 Å². The number of pyridine rings is 4. The first kappa shape index (κ1) is 57.8. The molecule has 5 heterocycles. The summed E-state index contributed by atoms with van der Waals surface area (Å²) in [5, 5.41) is 10.6. The van der Waals surface area contributed by atoms with E-state index in [0.717, 1.165) is 93.9 Å². The average molecular weight is 1290 g/mol. The van der Waals surface area contributed by atoms with Crippen LogP contribution in [0.25, 0.3) is 129 Å². The molecule has 9 heteroatoms. The van der Waals surface area contributed by atoms with Gasteiger partial charge >= 0.3 is 0 Å². The lowest BCUT2D eigenvalue weighted by molar-refractivity contribution is -0.665. The van der Waals surface area contributed by atoms with Gasteiger partial charge in [0.15, 0.2) is 46.5 Å². The third kappa shape index (κ3) is 13.0. The molecule has 0 bridgehead atoms. The molecule has 98 heavy (non-hydrogen) atoms. The summed E-state index contributed by atoms with van der Waals surface area (Å²) in [6.07, 6.45) is 0.717. The van der Waals surface area contributed by atoms with Gasteiger partial charge in [-0.15, -0.1) is 0 Å². The lowest BCUT2D eigenvalue weighted by Crippen LogP contribution is -2.35. The summed E-state index contributed by atoms with van der Waals surface area (Å²) in [6.45, 7) is 50.9. The van der Waals surface area contributed by atoms with Crippen molar-refractivity contribution in [1.82, 2.24) is 4.57 Å². The van der Waals surface area contributed by atoms with Crippen LogP contribution < -0.4 is 18.3 Å². The summed E-state index contributed by atoms with van der Waals surface area (Å²) < 4.78 is 75.1. The van der Waals surface area contributed by atoms with E-state index in [0.29, 0.717) is 52.6 Å². The van der Waals surface area contributed by atoms with Crippen LogP contribution in [0.1, 0.15) is 106 Å². The number of aromatic nitrogens is 5. The van der Waals surface area contributed by atoms with Crippen molar-refractivity contribution in [3.63, 3.8) is 0 Å². The monoisotopic (exact) mass is 1290 g/mol. The van der Waals surface area contributed by atoms with Gasteiger partial charge in [-0.25, -0.2) is 28.5 Å². The largest absolute Gasteiger partial charge is 0.338 e. The molecule has 0 aliphatic rings. The summed E-state index contributed by atoms with van der Waals surface area (Å²) in [4.78, 5) is 14.1. The smallest absolute Gasteiger partial charge is 0.220 e. The van der Waals surface area contributed by atoms with Crippen LogP contribution >= 0.6 is 0 Å². The molecule has 9 nitrogen and oxygen atoms in total. The molecule has 1 atom stereocenters. The first-order valence-electron chi connectivity index (χ1n) is 36.7. The minimum atomic E-state index is -2.47. The van der Waals surface area contributed by atoms with Gasteiger partial charge in [0.25, 0.3) is 0 Å². The second-order valence-corrected chi connectivity index (χ2v) is 25.9. The molecule has 14 aromatic rings. The van der Waals surface area contributed by atoms with Crippen LogP contribution in [0.15, 0.2) is 194 Å². The Hall–Kier alpha value is -11.6. The van der Waals surface area contributed by atoms with Crippen molar-refractivity contribution in [2.75, 3.05) is 0 Å². The number of hydrogen-bond acceptors (Lipinski definition) is 0. The fraction of sp³-hybridized carbons (Fsp3) is 0.213. The summed E-state index contributed by atoms with van der Waals surface area (Å²) in [7, 11) is 7.85. The highest BCUT2D eigenvalue weighted by molar-refractivity contribution is 6.10. The number of aryl methyl sites for hydroxylation is 6. The lowest BCUT2D eigenvalue weighted by atomic mass is 9.91. The van der Waals surface area contributed by atoms with Crippen molar-refractivity contribution in [1.29, 1.82) is 0 Å². The van der Waals surface area contributed by atoms with Gasteiger partial charge in [0.05, 0.1) is 72.8 Å². The standard InChI is InChI=1S/C28H26N3.C22H23N2.C20H19N2.C19H17N2/c1-17(2)31-26-10-8-7-9-23(26)25-13-18(3)24(16-27(25)31)28-22-12-11-21(29-5)15-20(22)14-19(4)30(28)6;1-14(2)18-11-15(3)16(4)21(13-18)22-20-8-7-19(23-5)12-17(20)9-10-24(22)6;1-13-10-14(2)15(3)19(11-13)20-18-7-6-17(21-4)12-16(18)8-9-22(20)5;1-13-7-5-6-8-17(13)19-18-10-9-16(20-3)12-15(18)11-14(2)21(19)4/h7-17H,1-4,6H3;7-14H,1-4,6H3;6-12H,1-3,5H3;5-12H,1-2,4H3/q4*+1/i;1D3,10D,14D;9D;6D,7D. The maximum Gasteiger partial charge on any atom is 0.220 e. The predicted molar refractivity (Wildman–Crippen MR) is 407 cm³/mol. The Morgan fingerprint density at radius 2 is 0.878 bits per heavy atom. The summed E-state index contributed by atoms with van der Waals surface area (Å²) in [5.74, 6) is -1.76. The Balaban J connectivity index is 0.000000142. The third-order valence-corrected chi connectivity index (χ3v) is 19.1. The van der Waals surface area contributed by atoms with Crippen LogP contribution in [0.4, 0.5) is 22.7 Å². The van der Waals surface area contributed by atoms with Gasteiger partial charge < -0.3 is 4.57 Å². The fourth-order valence-corrected chi connectivity index (χ4v) is 13.6. The van der Waals surface area contributed by atoms with Crippen molar-refractivity contribution in [3.8, 4) is 45.0 Å². The molecule has 5 aromatic heterocycles. The quantitative estimate of drug-likeness (QED) is 0.118. The zero-order valence-electron chi connectivity index (χ0n) is 66.8. The molecule has 14 rings (SSSR count). The lowest BCUT2D eigenvalue weighted by Gasteiger charge is -2.14. The van der Waals surface area contributed by atoms with Crippen LogP contribution in [-0.4, -0.2) is 4.57 Å². The summed E-state index contributed by atoms with van der Waals surface area (Å²) in [6, 6.07) is 56.3. The number of rotatable bonds is 6. The Morgan fingerprint density at radius 1 is 0.408 bits per heavy atom. The first-order valence-corrected chi connectivity index (χ1v) is 32.7.